The van der Waals surface area contributed by atoms with Gasteiger partial charge in [0.25, 0.3) is 24.2 Å². The van der Waals surface area contributed by atoms with Crippen molar-refractivity contribution in [2.24, 2.45) is 17.5 Å². The first kappa shape index (κ1) is 104. The molecule has 4 aliphatic rings. The molecule has 11 rings (SSSR count). The largest absolute Gasteiger partial charge is 1.00 e. The number of nitrogens with two attached hydrogens (primary N) is 3. The first-order valence-corrected chi connectivity index (χ1v) is 29.1. The van der Waals surface area contributed by atoms with Crippen LogP contribution in [0.4, 0.5) is 62.9 Å². The summed E-state index contributed by atoms with van der Waals surface area (Å²) in [4.78, 5) is 49.4. The van der Waals surface area contributed by atoms with Gasteiger partial charge in [0.15, 0.2) is 11.5 Å². The van der Waals surface area contributed by atoms with E-state index in [0.29, 0.717) is 33.0 Å². The molecule has 8 heterocycles. The summed E-state index contributed by atoms with van der Waals surface area (Å²) in [6, 6.07) is 9.77. The number of aliphatic hydroxyl groups excluding tert-OH is 1. The molecular weight excluding hydrogens is 1610 g/mol. The number of halogens is 19. The molecule has 3 aliphatic carbocycles. The van der Waals surface area contributed by atoms with E-state index in [-0.39, 0.29) is 125 Å². The average Bonchev–Trinajstić information content (AvgIpc) is 1.60. The van der Waals surface area contributed by atoms with Gasteiger partial charge in [-0.25, -0.2) is 90.4 Å². The first-order chi connectivity index (χ1) is 43.8. The monoisotopic (exact) mass is 1680 g/mol. The van der Waals surface area contributed by atoms with Crippen molar-refractivity contribution in [2.75, 3.05) is 5.43 Å². The van der Waals surface area contributed by atoms with Crippen LogP contribution in [0.3, 0.4) is 0 Å². The van der Waals surface area contributed by atoms with Crippen molar-refractivity contribution in [2.45, 2.75) is 177 Å². The summed E-state index contributed by atoms with van der Waals surface area (Å²) >= 11 is 28.0. The second kappa shape index (κ2) is 48.7. The Kier molecular flexibility index (Phi) is 50.3. The van der Waals surface area contributed by atoms with E-state index in [4.69, 9.17) is 76.1 Å². The summed E-state index contributed by atoms with van der Waals surface area (Å²) in [5.41, 5.74) is 2.53. The standard InChI is InChI=1S/C15H20BF2NO3.C9H8BrF2NO.C6H3ClF2N4.C5H3BrFN.C4H2Cl2N2.C4H5ClN4.C4H2F4O3.C4H6F2O.6CH4.H4N2.Na.H/c1-13(2)14(3,4)22-16(21-13)10-5-6-12(19-9-10)20-11-7-15(17,18)8-11;10-6-1-2-8(13-5-6)14-7-3-9(11,12)4-7;7-3-2-13-4(1-10-3)11-12-6(13)5(8)9;6-4-1-2-5(7)8-3-4;5-3-1-7-4(6)2-8-3;5-3-1-8-4(9-6)2-7-3;5-1(6)3(9)11-4(10)2(7)8;5-4(6)1-3(7)2-4;;;;;;;1-2;;/h5-6,9,11H,7-8H2,1-4H3;1-2,5,7H,3-4H2;1-2,5H;1-3H;1-2H;1-2H,6H2,(H,8,9);1-2H;3,7H,1-2H2;6*1H4;1-2H2;;/q;;;;;;;;;;;;;;;+1;-1. The van der Waals surface area contributed by atoms with Crippen molar-refractivity contribution in [3.8, 4) is 11.8 Å². The van der Waals surface area contributed by atoms with E-state index in [0.717, 1.165) is 18.8 Å². The quantitative estimate of drug-likeness (QED) is 0.0170. The van der Waals surface area contributed by atoms with Gasteiger partial charge in [0.05, 0.1) is 48.3 Å². The molecule has 1 saturated heterocycles. The van der Waals surface area contributed by atoms with E-state index in [9.17, 15) is 66.7 Å². The molecule has 7 aromatic rings. The average molecular weight is 1680 g/mol. The summed E-state index contributed by atoms with van der Waals surface area (Å²) in [5, 5.41) is 16.3. The predicted octanol–water partition coefficient (Wildman–Crippen LogP) is 12.6. The fourth-order valence-corrected chi connectivity index (χ4v) is 7.44. The number of nitrogens with one attached hydrogen (secondary N) is 1. The summed E-state index contributed by atoms with van der Waals surface area (Å²) in [6.07, 6.45) is -0.207. The van der Waals surface area contributed by atoms with Gasteiger partial charge in [-0.3, -0.25) is 16.1 Å². The molecule has 0 bridgehead atoms. The molecule has 0 amide bonds. The third-order valence-electron chi connectivity index (χ3n) is 11.8. The number of carbonyl (C=O) groups excluding carboxylic acids is 2. The van der Waals surface area contributed by atoms with Crippen molar-refractivity contribution >= 4 is 114 Å². The maximum Gasteiger partial charge on any atom is 1.00 e. The zero-order chi connectivity index (χ0) is 70.9. The van der Waals surface area contributed by atoms with Gasteiger partial charge in [0.1, 0.15) is 32.8 Å². The first-order valence-electron chi connectivity index (χ1n) is 26.0. The van der Waals surface area contributed by atoms with Crippen LogP contribution >= 0.6 is 78.3 Å². The van der Waals surface area contributed by atoms with E-state index in [2.05, 4.69) is 104 Å². The van der Waals surface area contributed by atoms with Gasteiger partial charge < -0.3 is 35.5 Å². The zero-order valence-electron chi connectivity index (χ0n) is 50.6. The van der Waals surface area contributed by atoms with Crippen LogP contribution < -0.4 is 67.4 Å². The molecule has 44 heteroatoms. The number of alkyl halides is 12. The number of anilines is 1. The number of aromatic nitrogens is 11. The Morgan fingerprint density at radius 3 is 1.30 bits per heavy atom. The molecule has 0 spiro atoms. The van der Waals surface area contributed by atoms with Crippen molar-refractivity contribution < 1.29 is 126 Å². The molecular formula is C57H78BBr2Cl4F13N15NaO8. The van der Waals surface area contributed by atoms with Crippen molar-refractivity contribution in [3.05, 3.63) is 133 Å². The van der Waals surface area contributed by atoms with Gasteiger partial charge in [0.2, 0.25) is 23.5 Å². The minimum Gasteiger partial charge on any atom is -1.00 e. The number of ether oxygens (including phenoxy) is 3. The van der Waals surface area contributed by atoms with Crippen LogP contribution in [0.1, 0.15) is 124 Å². The van der Waals surface area contributed by atoms with E-state index in [1.165, 1.54) is 49.4 Å². The Balaban J connectivity index is -0.000000261. The minimum atomic E-state index is -3.57. The van der Waals surface area contributed by atoms with Gasteiger partial charge in [-0.05, 0) is 83.8 Å². The number of rotatable bonds is 9. The minimum absolute atomic E-state index is 0. The smallest absolute Gasteiger partial charge is 1.00 e. The summed E-state index contributed by atoms with van der Waals surface area (Å²) < 4.78 is 183. The molecule has 101 heavy (non-hydrogen) atoms. The fourth-order valence-electron chi connectivity index (χ4n) is 6.54. The number of nitrogens with zero attached hydrogens (tertiary/aromatic N) is 11. The second-order valence-electron chi connectivity index (χ2n) is 19.7. The summed E-state index contributed by atoms with van der Waals surface area (Å²) in [7, 11) is -0.486. The molecule has 8 N–H and O–H groups in total. The Bertz CT molecular complexity index is 3310. The van der Waals surface area contributed by atoms with Crippen LogP contribution in [-0.2, 0) is 23.6 Å². The molecule has 0 aromatic carbocycles. The number of hydrazine groups is 2. The summed E-state index contributed by atoms with van der Waals surface area (Å²) in [5.74, 6) is 1.14. The Morgan fingerprint density at radius 1 is 0.594 bits per heavy atom. The Labute approximate surface area is 636 Å². The number of nitrogen functional groups attached to an aromatic ring is 1. The number of esters is 2. The Hall–Kier alpha value is -5.27. The van der Waals surface area contributed by atoms with E-state index in [1.54, 1.807) is 42.7 Å². The number of carbonyl (C=O) groups is 2. The number of hydrogen-bond acceptors (Lipinski definition) is 22. The van der Waals surface area contributed by atoms with Gasteiger partial charge in [-0.15, -0.1) is 10.2 Å². The predicted molar refractivity (Wildman–Crippen MR) is 362 cm³/mol. The summed E-state index contributed by atoms with van der Waals surface area (Å²) in [6.45, 7) is 7.92. The molecule has 1 aliphatic heterocycles. The molecule has 23 nitrogen and oxygen atoms in total. The van der Waals surface area contributed by atoms with Crippen LogP contribution in [0.15, 0.2) is 101 Å². The fraction of sp³-hybridized carbons (Fsp3) is 0.474. The Morgan fingerprint density at radius 2 is 0.990 bits per heavy atom. The topological polar surface area (TPSA) is 324 Å². The SMILES string of the molecule is C.C.C.C.C.C.CC1(C)OB(c2ccc(OC3CC(F)(F)C3)nc2)OC1(C)C.Clc1cnc(Cl)cn1.FC(F)c1nnc2cnc(Cl)cn12.FC1(F)CC(Oc2ccc(Br)cn2)C1.Fc1ccc(Br)cn1.NN.NNc1cnc(Cl)cn1.O=C(OC(=O)C(F)F)C(F)F.OC1CC(F)(F)C1.[H-].[Na+]. The van der Waals surface area contributed by atoms with E-state index >= 15 is 0 Å². The van der Waals surface area contributed by atoms with Crippen molar-refractivity contribution in [3.63, 3.8) is 0 Å². The van der Waals surface area contributed by atoms with Crippen LogP contribution in [0, 0.1) is 5.95 Å². The van der Waals surface area contributed by atoms with Gasteiger partial charge in [-0.1, -0.05) is 97.0 Å². The molecule has 0 radical (unpaired) electrons. The van der Waals surface area contributed by atoms with Crippen molar-refractivity contribution in [1.82, 2.24) is 54.5 Å². The molecule has 7 aromatic heterocycles. The number of fused-ring (bicyclic) bond motifs is 1. The number of aliphatic hydroxyl groups is 1. The maximum atomic E-state index is 12.8. The van der Waals surface area contributed by atoms with Crippen LogP contribution in [0.2, 0.25) is 20.6 Å². The zero-order valence-corrected chi connectivity index (χ0v) is 57.8. The van der Waals surface area contributed by atoms with E-state index in [1.807, 2.05) is 27.7 Å². The molecule has 0 atom stereocenters. The van der Waals surface area contributed by atoms with Crippen LogP contribution in [0.5, 0.6) is 11.8 Å². The van der Waals surface area contributed by atoms with Gasteiger partial charge in [-0.2, -0.15) is 22.0 Å². The molecule has 566 valence electrons. The second-order valence-corrected chi connectivity index (χ2v) is 23.1. The number of hydrogen-bond donors (Lipinski definition) is 5. The molecule has 3 saturated carbocycles. The normalized spacial score (nSPS) is 15.4. The van der Waals surface area contributed by atoms with E-state index < -0.39 is 97.4 Å². The molecule has 4 fully saturated rings. The van der Waals surface area contributed by atoms with Crippen LogP contribution in [0.25, 0.3) is 5.65 Å². The van der Waals surface area contributed by atoms with Gasteiger partial charge in [0, 0.05) is 83.8 Å². The van der Waals surface area contributed by atoms with Crippen molar-refractivity contribution in [1.29, 1.82) is 0 Å². The third-order valence-corrected chi connectivity index (χ3v) is 13.5. The van der Waals surface area contributed by atoms with Crippen LogP contribution in [-0.4, -0.2) is 139 Å². The maximum absolute atomic E-state index is 12.8. The molecule has 0 unspecified atom stereocenters. The third kappa shape index (κ3) is 38.4. The number of pyridine rings is 3. The van der Waals surface area contributed by atoms with Gasteiger partial charge >= 0.3 is 61.5 Å².